The van der Waals surface area contributed by atoms with Gasteiger partial charge in [0.25, 0.3) is 5.91 Å². The van der Waals surface area contributed by atoms with E-state index in [1.807, 2.05) is 44.2 Å². The van der Waals surface area contributed by atoms with E-state index in [4.69, 9.17) is 4.74 Å². The van der Waals surface area contributed by atoms with Crippen LogP contribution < -0.4 is 25.2 Å². The van der Waals surface area contributed by atoms with Gasteiger partial charge in [0.15, 0.2) is 9.84 Å². The Labute approximate surface area is 266 Å². The van der Waals surface area contributed by atoms with Gasteiger partial charge in [-0.3, -0.25) is 14.4 Å². The number of anilines is 2. The van der Waals surface area contributed by atoms with Crippen LogP contribution in [0.15, 0.2) is 59.1 Å². The normalized spacial score (nSPS) is 15.7. The second kappa shape index (κ2) is 14.5. The van der Waals surface area contributed by atoms with E-state index in [-0.39, 0.29) is 31.4 Å². The van der Waals surface area contributed by atoms with Crippen molar-refractivity contribution in [2.45, 2.75) is 38.9 Å². The quantitative estimate of drug-likeness (QED) is 0.331. The van der Waals surface area contributed by atoms with E-state index in [1.165, 1.54) is 9.80 Å². The summed E-state index contributed by atoms with van der Waals surface area (Å²) < 4.78 is 30.8. The van der Waals surface area contributed by atoms with E-state index in [0.717, 1.165) is 27.1 Å². The predicted octanol–water partition coefficient (Wildman–Crippen LogP) is 3.83. The maximum Gasteiger partial charge on any atom is 0.251 e. The molecule has 0 fully saturated rings. The Morgan fingerprint density at radius 2 is 1.74 bits per heavy atom. The first-order chi connectivity index (χ1) is 20.0. The average Bonchev–Trinajstić information content (AvgIpc) is 3.06. The number of benzene rings is 3. The third-order valence-corrected chi connectivity index (χ3v) is 8.65. The number of rotatable bonds is 10. The number of hydrogen-bond acceptors (Lipinski definition) is 7. The van der Waals surface area contributed by atoms with Crippen LogP contribution in [-0.2, 0) is 30.8 Å². The lowest BCUT2D eigenvalue weighted by atomic mass is 10.0. The Balaban J connectivity index is 0.00000506. The van der Waals surface area contributed by atoms with Gasteiger partial charge in [-0.2, -0.15) is 0 Å². The van der Waals surface area contributed by atoms with Crippen molar-refractivity contribution in [2.24, 2.45) is 0 Å². The van der Waals surface area contributed by atoms with Crippen molar-refractivity contribution in [3.8, 4) is 5.75 Å². The first-order valence-electron chi connectivity index (χ1n) is 13.6. The zero-order valence-corrected chi connectivity index (χ0v) is 27.6. The molecule has 0 saturated heterocycles. The fraction of sp³-hybridized carbons (Fsp3) is 0.367. The van der Waals surface area contributed by atoms with Gasteiger partial charge in [0.1, 0.15) is 17.5 Å². The van der Waals surface area contributed by atoms with E-state index in [0.29, 0.717) is 30.1 Å². The topological polar surface area (TPSA) is 125 Å². The molecule has 2 atom stereocenters. The number of sulfone groups is 1. The van der Waals surface area contributed by atoms with Crippen LogP contribution in [0.1, 0.15) is 25.8 Å². The van der Waals surface area contributed by atoms with Crippen LogP contribution in [0.2, 0.25) is 0 Å². The van der Waals surface area contributed by atoms with Crippen molar-refractivity contribution < 1.29 is 27.5 Å². The van der Waals surface area contributed by atoms with E-state index >= 15 is 0 Å². The molecule has 0 saturated carbocycles. The molecule has 4 rings (SSSR count). The number of halogens is 2. The number of methoxy groups -OCH3 is 1. The Hall–Kier alpha value is -3.19. The lowest BCUT2D eigenvalue weighted by Crippen LogP contribution is -2.56. The number of hydrogen-bond donors (Lipinski definition) is 2. The van der Waals surface area contributed by atoms with E-state index in [2.05, 4.69) is 26.6 Å². The Kier molecular flexibility index (Phi) is 11.6. The summed E-state index contributed by atoms with van der Waals surface area (Å²) in [6.45, 7) is 4.13. The Bertz CT molecular complexity index is 1620. The highest BCUT2D eigenvalue weighted by Crippen LogP contribution is 2.38. The molecular formula is C30H36BrClN4O6S. The number of ether oxygens (including phenoxy) is 1. The Morgan fingerprint density at radius 1 is 1.05 bits per heavy atom. The minimum absolute atomic E-state index is 0. The van der Waals surface area contributed by atoms with Gasteiger partial charge in [0.05, 0.1) is 37.6 Å². The molecule has 1 aliphatic rings. The standard InChI is InChI=1S/C30H35BrN4O6S.ClH/c1-5-23(32-6-2)29(37)33-24-17-34(28(36)18-42(4,39)40)25-12-7-8-13-26(25)35(30(24)38)16-21-19-10-9-11-22(31)20(19)14-15-27(21)41-3;/h7-15,23-24,32H,5-6,16-18H2,1-4H3,(H,33,37);1H/t23-,24-;/m0./s1. The number of carbonyl (C=O) groups excluding carboxylic acids is 3. The molecule has 0 aliphatic carbocycles. The van der Waals surface area contributed by atoms with Crippen molar-refractivity contribution in [3.63, 3.8) is 0 Å². The molecule has 0 radical (unpaired) electrons. The highest BCUT2D eigenvalue weighted by molar-refractivity contribution is 9.10. The predicted molar refractivity (Wildman–Crippen MR) is 175 cm³/mol. The maximum atomic E-state index is 14.4. The summed E-state index contributed by atoms with van der Waals surface area (Å²) in [6.07, 6.45) is 1.47. The molecule has 0 aromatic heterocycles. The molecule has 0 unspecified atom stereocenters. The van der Waals surface area contributed by atoms with Crippen LogP contribution in [0.5, 0.6) is 5.75 Å². The van der Waals surface area contributed by atoms with E-state index in [9.17, 15) is 22.8 Å². The van der Waals surface area contributed by atoms with Gasteiger partial charge >= 0.3 is 0 Å². The number of fused-ring (bicyclic) bond motifs is 2. The number of nitrogens with one attached hydrogen (secondary N) is 2. The minimum atomic E-state index is -3.67. The lowest BCUT2D eigenvalue weighted by molar-refractivity contribution is -0.129. The zero-order chi connectivity index (χ0) is 30.6. The average molecular weight is 696 g/mol. The second-order valence-corrected chi connectivity index (χ2v) is 13.1. The summed E-state index contributed by atoms with van der Waals surface area (Å²) in [5, 5.41) is 7.74. The number of nitrogens with zero attached hydrogens (tertiary/aromatic N) is 2. The summed E-state index contributed by atoms with van der Waals surface area (Å²) in [4.78, 5) is 43.8. The van der Waals surface area contributed by atoms with Crippen LogP contribution >= 0.6 is 28.3 Å². The lowest BCUT2D eigenvalue weighted by Gasteiger charge is -2.28. The van der Waals surface area contributed by atoms with Gasteiger partial charge in [-0.15, -0.1) is 12.4 Å². The Morgan fingerprint density at radius 3 is 2.37 bits per heavy atom. The first kappa shape index (κ1) is 34.3. The number of carbonyl (C=O) groups is 3. The second-order valence-electron chi connectivity index (χ2n) is 10.1. The first-order valence-corrected chi connectivity index (χ1v) is 16.5. The molecule has 0 spiro atoms. The summed E-state index contributed by atoms with van der Waals surface area (Å²) in [5.41, 5.74) is 1.52. The third kappa shape index (κ3) is 7.67. The van der Waals surface area contributed by atoms with E-state index < -0.39 is 39.5 Å². The molecule has 3 aromatic carbocycles. The molecular weight excluding hydrogens is 660 g/mol. The van der Waals surface area contributed by atoms with Crippen molar-refractivity contribution in [3.05, 3.63) is 64.6 Å². The summed E-state index contributed by atoms with van der Waals surface area (Å²) >= 11 is 3.60. The van der Waals surface area contributed by atoms with Gasteiger partial charge in [-0.1, -0.05) is 54.0 Å². The molecule has 43 heavy (non-hydrogen) atoms. The largest absolute Gasteiger partial charge is 0.496 e. The minimum Gasteiger partial charge on any atom is -0.496 e. The fourth-order valence-corrected chi connectivity index (χ4v) is 6.31. The van der Waals surface area contributed by atoms with Crippen LogP contribution in [0.4, 0.5) is 11.4 Å². The monoisotopic (exact) mass is 694 g/mol. The molecule has 10 nitrogen and oxygen atoms in total. The third-order valence-electron chi connectivity index (χ3n) is 7.18. The smallest absolute Gasteiger partial charge is 0.251 e. The summed E-state index contributed by atoms with van der Waals surface area (Å²) in [7, 11) is -2.12. The van der Waals surface area contributed by atoms with Gasteiger partial charge in [-0.05, 0) is 54.1 Å². The van der Waals surface area contributed by atoms with Crippen LogP contribution in [-0.4, -0.2) is 70.4 Å². The molecule has 3 amide bonds. The molecule has 0 bridgehead atoms. The highest BCUT2D eigenvalue weighted by atomic mass is 79.9. The van der Waals surface area contributed by atoms with Crippen molar-refractivity contribution in [2.75, 3.05) is 42.0 Å². The molecule has 1 aliphatic heterocycles. The fourth-order valence-electron chi connectivity index (χ4n) is 5.21. The van der Waals surface area contributed by atoms with Crippen LogP contribution in [0, 0.1) is 0 Å². The number of para-hydroxylation sites is 2. The maximum absolute atomic E-state index is 14.4. The van der Waals surface area contributed by atoms with Crippen LogP contribution in [0.3, 0.4) is 0 Å². The summed E-state index contributed by atoms with van der Waals surface area (Å²) in [5.74, 6) is -1.68. The zero-order valence-electron chi connectivity index (χ0n) is 24.4. The molecule has 1 heterocycles. The SMILES string of the molecule is CCN[C@@H](CC)C(=O)N[C@H]1CN(C(=O)CS(C)(=O)=O)c2ccccc2N(Cc2c(OC)ccc3c(Br)cccc23)C1=O.Cl. The van der Waals surface area contributed by atoms with Gasteiger partial charge < -0.3 is 25.2 Å². The van der Waals surface area contributed by atoms with Crippen LogP contribution in [0.25, 0.3) is 10.8 Å². The van der Waals surface area contributed by atoms with Crippen molar-refractivity contribution >= 4 is 78.0 Å². The summed E-state index contributed by atoms with van der Waals surface area (Å²) in [6, 6.07) is 14.7. The van der Waals surface area contributed by atoms with Gasteiger partial charge in [0, 0.05) is 16.3 Å². The van der Waals surface area contributed by atoms with Gasteiger partial charge in [0.2, 0.25) is 11.8 Å². The van der Waals surface area contributed by atoms with Crippen molar-refractivity contribution in [1.29, 1.82) is 0 Å². The highest BCUT2D eigenvalue weighted by Gasteiger charge is 2.38. The molecule has 3 aromatic rings. The molecule has 13 heteroatoms. The number of amides is 3. The number of likely N-dealkylation sites (N-methyl/N-ethyl adjacent to an activating group) is 1. The van der Waals surface area contributed by atoms with E-state index in [1.54, 1.807) is 31.4 Å². The molecule has 232 valence electrons. The van der Waals surface area contributed by atoms with Crippen molar-refractivity contribution in [1.82, 2.24) is 10.6 Å². The molecule has 2 N–H and O–H groups in total. The van der Waals surface area contributed by atoms with Gasteiger partial charge in [-0.25, -0.2) is 8.42 Å².